The van der Waals surface area contributed by atoms with Crippen LogP contribution in [0.15, 0.2) is 48.5 Å². The van der Waals surface area contributed by atoms with Crippen LogP contribution in [0, 0.1) is 11.6 Å². The van der Waals surface area contributed by atoms with E-state index in [4.69, 9.17) is 0 Å². The van der Waals surface area contributed by atoms with Gasteiger partial charge in [0.1, 0.15) is 11.6 Å². The van der Waals surface area contributed by atoms with Gasteiger partial charge in [-0.25, -0.2) is 17.2 Å². The van der Waals surface area contributed by atoms with Crippen molar-refractivity contribution in [2.24, 2.45) is 0 Å². The third-order valence-electron chi connectivity index (χ3n) is 4.97. The van der Waals surface area contributed by atoms with E-state index in [1.54, 1.807) is 31.2 Å². The van der Waals surface area contributed by atoms with Crippen LogP contribution in [0.2, 0.25) is 0 Å². The van der Waals surface area contributed by atoms with Crippen molar-refractivity contribution in [3.05, 3.63) is 65.7 Å². The second-order valence-electron chi connectivity index (χ2n) is 6.97. The lowest BCUT2D eigenvalue weighted by Gasteiger charge is -2.36. The predicted octanol–water partition coefficient (Wildman–Crippen LogP) is 2.44. The summed E-state index contributed by atoms with van der Waals surface area (Å²) in [5.41, 5.74) is 0.635. The molecule has 0 unspecified atom stereocenters. The van der Waals surface area contributed by atoms with Gasteiger partial charge in [-0.1, -0.05) is 30.3 Å². The summed E-state index contributed by atoms with van der Waals surface area (Å²) in [6.45, 7) is 2.99. The minimum atomic E-state index is -3.44. The van der Waals surface area contributed by atoms with Gasteiger partial charge in [-0.15, -0.1) is 0 Å². The summed E-state index contributed by atoms with van der Waals surface area (Å²) in [5.74, 6) is -2.06. The number of carbonyl (C=O) groups excluding carboxylic acids is 1. The molecule has 6 nitrogen and oxygen atoms in total. The molecule has 0 aliphatic carbocycles. The number of piperazine rings is 1. The maximum Gasteiger partial charge on any atom is 0.241 e. The van der Waals surface area contributed by atoms with Gasteiger partial charge in [0.05, 0.1) is 17.5 Å². The Labute approximate surface area is 169 Å². The Bertz CT molecular complexity index is 962. The molecule has 0 saturated carbocycles. The molecule has 2 aromatic carbocycles. The minimum Gasteiger partial charge on any atom is -0.322 e. The third-order valence-corrected chi connectivity index (χ3v) is 6.82. The van der Waals surface area contributed by atoms with Crippen molar-refractivity contribution in [3.8, 4) is 0 Å². The molecule has 0 spiro atoms. The molecule has 1 fully saturated rings. The van der Waals surface area contributed by atoms with Crippen LogP contribution in [-0.2, 0) is 20.6 Å². The topological polar surface area (TPSA) is 69.7 Å². The molecular weight excluding hydrogens is 400 g/mol. The normalized spacial score (nSPS) is 17.1. The fourth-order valence-electron chi connectivity index (χ4n) is 3.24. The Balaban J connectivity index is 1.56. The summed E-state index contributed by atoms with van der Waals surface area (Å²) in [4.78, 5) is 14.3. The average Bonchev–Trinajstić information content (AvgIpc) is 2.70. The van der Waals surface area contributed by atoms with Crippen LogP contribution >= 0.6 is 0 Å². The van der Waals surface area contributed by atoms with Crippen molar-refractivity contribution in [2.45, 2.75) is 18.7 Å². The fraction of sp³-hybridized carbons (Fsp3) is 0.350. The zero-order chi connectivity index (χ0) is 21.0. The van der Waals surface area contributed by atoms with Crippen LogP contribution in [0.25, 0.3) is 0 Å². The largest absolute Gasteiger partial charge is 0.322 e. The number of benzene rings is 2. The molecule has 3 rings (SSSR count). The van der Waals surface area contributed by atoms with Gasteiger partial charge in [0, 0.05) is 32.2 Å². The SMILES string of the molecule is C[C@@H](C(=O)Nc1ccc(F)cc1F)N1CCN(S(=O)(=O)Cc2ccccc2)CC1. The van der Waals surface area contributed by atoms with E-state index in [1.807, 2.05) is 11.0 Å². The van der Waals surface area contributed by atoms with Crippen LogP contribution in [-0.4, -0.2) is 55.8 Å². The number of halogens is 2. The third kappa shape index (κ3) is 5.37. The molecule has 1 aliphatic heterocycles. The molecule has 156 valence electrons. The highest BCUT2D eigenvalue weighted by Gasteiger charge is 2.31. The van der Waals surface area contributed by atoms with E-state index in [9.17, 15) is 22.0 Å². The van der Waals surface area contributed by atoms with E-state index in [1.165, 1.54) is 10.4 Å². The zero-order valence-electron chi connectivity index (χ0n) is 16.0. The van der Waals surface area contributed by atoms with Crippen LogP contribution in [0.5, 0.6) is 0 Å². The molecule has 1 N–H and O–H groups in total. The average molecular weight is 423 g/mol. The summed E-state index contributed by atoms with van der Waals surface area (Å²) in [7, 11) is -3.44. The summed E-state index contributed by atoms with van der Waals surface area (Å²) >= 11 is 0. The van der Waals surface area contributed by atoms with Gasteiger partial charge >= 0.3 is 0 Å². The number of sulfonamides is 1. The zero-order valence-corrected chi connectivity index (χ0v) is 16.8. The Hall–Kier alpha value is -2.36. The first kappa shape index (κ1) is 21.4. The number of hydrogen-bond donors (Lipinski definition) is 1. The van der Waals surface area contributed by atoms with Crippen molar-refractivity contribution >= 4 is 21.6 Å². The lowest BCUT2D eigenvalue weighted by Crippen LogP contribution is -2.54. The number of hydrogen-bond acceptors (Lipinski definition) is 4. The van der Waals surface area contributed by atoms with Gasteiger partial charge in [0.15, 0.2) is 0 Å². The lowest BCUT2D eigenvalue weighted by atomic mass is 10.2. The molecule has 9 heteroatoms. The van der Waals surface area contributed by atoms with Crippen molar-refractivity contribution < 1.29 is 22.0 Å². The summed E-state index contributed by atoms with van der Waals surface area (Å²) in [6.07, 6.45) is 0. The van der Waals surface area contributed by atoms with Gasteiger partial charge < -0.3 is 5.32 Å². The van der Waals surface area contributed by atoms with E-state index in [-0.39, 0.29) is 24.5 Å². The maximum atomic E-state index is 13.7. The molecule has 1 saturated heterocycles. The molecule has 1 amide bonds. The predicted molar refractivity (Wildman–Crippen MR) is 107 cm³/mol. The van der Waals surface area contributed by atoms with Crippen LogP contribution in [0.3, 0.4) is 0 Å². The van der Waals surface area contributed by atoms with E-state index >= 15 is 0 Å². The van der Waals surface area contributed by atoms with E-state index in [0.29, 0.717) is 19.2 Å². The summed E-state index contributed by atoms with van der Waals surface area (Å²) < 4.78 is 53.4. The minimum absolute atomic E-state index is 0.0618. The summed E-state index contributed by atoms with van der Waals surface area (Å²) in [6, 6.07) is 11.3. The van der Waals surface area contributed by atoms with Crippen molar-refractivity contribution in [3.63, 3.8) is 0 Å². The quantitative estimate of drug-likeness (QED) is 0.775. The second-order valence-corrected chi connectivity index (χ2v) is 8.94. The van der Waals surface area contributed by atoms with Crippen molar-refractivity contribution in [1.29, 1.82) is 0 Å². The smallest absolute Gasteiger partial charge is 0.241 e. The van der Waals surface area contributed by atoms with Gasteiger partial charge in [-0.3, -0.25) is 9.69 Å². The Kier molecular flexibility index (Phi) is 6.61. The molecule has 0 aromatic heterocycles. The molecule has 1 heterocycles. The van der Waals surface area contributed by atoms with Crippen LogP contribution in [0.4, 0.5) is 14.5 Å². The van der Waals surface area contributed by atoms with E-state index in [0.717, 1.165) is 11.6 Å². The molecule has 1 aliphatic rings. The van der Waals surface area contributed by atoms with Crippen LogP contribution < -0.4 is 5.32 Å². The van der Waals surface area contributed by atoms with Gasteiger partial charge in [0.2, 0.25) is 15.9 Å². The van der Waals surface area contributed by atoms with Crippen molar-refractivity contribution in [1.82, 2.24) is 9.21 Å². The molecule has 0 radical (unpaired) electrons. The van der Waals surface area contributed by atoms with Gasteiger partial charge in [0.25, 0.3) is 0 Å². The van der Waals surface area contributed by atoms with Crippen LogP contribution in [0.1, 0.15) is 12.5 Å². The molecule has 0 bridgehead atoms. The standard InChI is InChI=1S/C20H23F2N3O3S/c1-15(20(26)23-19-8-7-17(21)13-18(19)22)24-9-11-25(12-10-24)29(27,28)14-16-5-3-2-4-6-16/h2-8,13,15H,9-12,14H2,1H3,(H,23,26)/t15-/m0/s1. The number of nitrogens with one attached hydrogen (secondary N) is 1. The first-order chi connectivity index (χ1) is 13.8. The molecule has 1 atom stereocenters. The number of amides is 1. The lowest BCUT2D eigenvalue weighted by molar-refractivity contribution is -0.121. The monoisotopic (exact) mass is 423 g/mol. The molecule has 2 aromatic rings. The first-order valence-corrected chi connectivity index (χ1v) is 10.9. The summed E-state index contributed by atoms with van der Waals surface area (Å²) in [5, 5.41) is 2.45. The van der Waals surface area contributed by atoms with E-state index < -0.39 is 33.6 Å². The number of carbonyl (C=O) groups is 1. The first-order valence-electron chi connectivity index (χ1n) is 9.28. The molecule has 29 heavy (non-hydrogen) atoms. The van der Waals surface area contributed by atoms with E-state index in [2.05, 4.69) is 5.32 Å². The van der Waals surface area contributed by atoms with Gasteiger partial charge in [-0.2, -0.15) is 4.31 Å². The van der Waals surface area contributed by atoms with Gasteiger partial charge in [-0.05, 0) is 24.6 Å². The fourth-order valence-corrected chi connectivity index (χ4v) is 4.75. The number of nitrogens with zero attached hydrogens (tertiary/aromatic N) is 2. The Morgan fingerprint density at radius 1 is 1.07 bits per heavy atom. The Morgan fingerprint density at radius 2 is 1.72 bits per heavy atom. The maximum absolute atomic E-state index is 13.7. The number of rotatable bonds is 6. The highest BCUT2D eigenvalue weighted by molar-refractivity contribution is 7.88. The second kappa shape index (κ2) is 8.98. The highest BCUT2D eigenvalue weighted by Crippen LogP contribution is 2.18. The molecular formula is C20H23F2N3O3S. The Morgan fingerprint density at radius 3 is 2.34 bits per heavy atom. The number of anilines is 1. The highest BCUT2D eigenvalue weighted by atomic mass is 32.2. The van der Waals surface area contributed by atoms with Crippen molar-refractivity contribution in [2.75, 3.05) is 31.5 Å².